The van der Waals surface area contributed by atoms with Crippen molar-refractivity contribution in [1.29, 1.82) is 0 Å². The molecule has 0 aromatic carbocycles. The van der Waals surface area contributed by atoms with E-state index in [4.69, 9.17) is 21.2 Å². The molecular weight excluding hydrogens is 484 g/mol. The first-order valence-electron chi connectivity index (χ1n) is 11.3. The minimum absolute atomic E-state index is 0.00442. The van der Waals surface area contributed by atoms with Gasteiger partial charge in [-0.3, -0.25) is 4.79 Å². The maximum absolute atomic E-state index is 12.8. The van der Waals surface area contributed by atoms with Crippen molar-refractivity contribution in [1.82, 2.24) is 40.4 Å². The van der Waals surface area contributed by atoms with Gasteiger partial charge in [-0.15, -0.1) is 0 Å². The van der Waals surface area contributed by atoms with Crippen LogP contribution in [0.4, 0.5) is 0 Å². The van der Waals surface area contributed by atoms with E-state index in [0.717, 1.165) is 0 Å². The molecule has 1 atom stereocenters. The Morgan fingerprint density at radius 1 is 1.28 bits per heavy atom. The highest BCUT2D eigenvalue weighted by molar-refractivity contribution is 6.34. The lowest BCUT2D eigenvalue weighted by Gasteiger charge is -2.15. The van der Waals surface area contributed by atoms with Gasteiger partial charge < -0.3 is 19.9 Å². The fraction of sp³-hybridized carbons (Fsp3) is 0.375. The lowest BCUT2D eigenvalue weighted by molar-refractivity contribution is 0.0928. The van der Waals surface area contributed by atoms with Crippen LogP contribution in [0.3, 0.4) is 0 Å². The second-order valence-corrected chi connectivity index (χ2v) is 9.47. The maximum atomic E-state index is 12.8. The van der Waals surface area contributed by atoms with Gasteiger partial charge in [-0.05, 0) is 19.3 Å². The van der Waals surface area contributed by atoms with Crippen molar-refractivity contribution >= 4 is 28.7 Å². The number of halogens is 1. The molecular formula is C24H25ClN8O3. The van der Waals surface area contributed by atoms with E-state index in [-0.39, 0.29) is 28.4 Å². The van der Waals surface area contributed by atoms with E-state index in [2.05, 4.69) is 52.2 Å². The molecule has 0 spiro atoms. The number of carbonyl (C=O) groups excluding carboxylic acids is 1. The molecule has 1 amide bonds. The predicted molar refractivity (Wildman–Crippen MR) is 132 cm³/mol. The van der Waals surface area contributed by atoms with Crippen molar-refractivity contribution in [3.05, 3.63) is 46.6 Å². The highest BCUT2D eigenvalue weighted by atomic mass is 35.5. The zero-order valence-electron chi connectivity index (χ0n) is 20.3. The number of rotatable bonds is 6. The molecule has 4 rings (SSSR count). The lowest BCUT2D eigenvalue weighted by atomic mass is 9.96. The Morgan fingerprint density at radius 2 is 2.08 bits per heavy atom. The average molecular weight is 509 g/mol. The molecule has 3 N–H and O–H groups in total. The predicted octanol–water partition coefficient (Wildman–Crippen LogP) is 3.36. The van der Waals surface area contributed by atoms with E-state index in [9.17, 15) is 4.79 Å². The third kappa shape index (κ3) is 5.50. The summed E-state index contributed by atoms with van der Waals surface area (Å²) >= 11 is 6.31. The third-order valence-corrected chi connectivity index (χ3v) is 5.48. The van der Waals surface area contributed by atoms with E-state index in [0.29, 0.717) is 47.1 Å². The van der Waals surface area contributed by atoms with Crippen molar-refractivity contribution in [2.24, 2.45) is 0 Å². The number of aromatic amines is 1. The molecule has 0 aliphatic carbocycles. The minimum Gasteiger partial charge on any atom is -0.396 e. The summed E-state index contributed by atoms with van der Waals surface area (Å²) in [6, 6.07) is 1.14. The summed E-state index contributed by atoms with van der Waals surface area (Å²) in [6.45, 7) is 7.88. The number of aliphatic hydroxyl groups is 1. The molecule has 0 aliphatic rings. The highest BCUT2D eigenvalue weighted by Crippen LogP contribution is 2.25. The van der Waals surface area contributed by atoms with Crippen LogP contribution in [-0.2, 0) is 5.41 Å². The minimum atomic E-state index is -0.541. The number of nitrogens with one attached hydrogen (secondary N) is 2. The van der Waals surface area contributed by atoms with Gasteiger partial charge in [0.2, 0.25) is 0 Å². The molecule has 12 heteroatoms. The van der Waals surface area contributed by atoms with Gasteiger partial charge >= 0.3 is 0 Å². The molecule has 4 aromatic rings. The summed E-state index contributed by atoms with van der Waals surface area (Å²) in [5.74, 6) is 6.72. The molecule has 0 bridgehead atoms. The number of H-pyrrole nitrogens is 1. The van der Waals surface area contributed by atoms with Gasteiger partial charge in [0.25, 0.3) is 5.91 Å². The molecule has 4 heterocycles. The molecule has 36 heavy (non-hydrogen) atoms. The normalized spacial score (nSPS) is 12.3. The number of imidazole rings is 1. The highest BCUT2D eigenvalue weighted by Gasteiger charge is 2.22. The molecule has 0 aliphatic heterocycles. The van der Waals surface area contributed by atoms with Gasteiger partial charge in [-0.2, -0.15) is 0 Å². The number of aromatic nitrogens is 7. The standard InChI is InChI=1S/C24H25ClN8O3/c1-13(29-22(35)19-18(25)14(27-12-28-19)8-6-5-7-9-34)17-10-15(33-36-17)20-30-16-11-26-23(24(2,3)4)32-21(16)31-20/h10-13,34H,5,7,9H2,1-4H3,(H,29,35)(H,26,30,31,32)/t13-/m1/s1. The Morgan fingerprint density at radius 3 is 2.83 bits per heavy atom. The topological polar surface area (TPSA) is 156 Å². The number of unbranched alkanes of at least 4 members (excludes halogenated alkanes) is 1. The van der Waals surface area contributed by atoms with Crippen LogP contribution in [0, 0.1) is 11.8 Å². The number of carbonyl (C=O) groups is 1. The number of hydrogen-bond donors (Lipinski definition) is 3. The molecule has 0 saturated carbocycles. The number of nitrogens with zero attached hydrogens (tertiary/aromatic N) is 6. The van der Waals surface area contributed by atoms with Crippen LogP contribution >= 0.6 is 11.6 Å². The molecule has 0 fully saturated rings. The Bertz CT molecular complexity index is 1460. The van der Waals surface area contributed by atoms with Crippen molar-refractivity contribution in [3.63, 3.8) is 0 Å². The fourth-order valence-electron chi connectivity index (χ4n) is 3.16. The zero-order valence-corrected chi connectivity index (χ0v) is 21.0. The van der Waals surface area contributed by atoms with E-state index in [1.54, 1.807) is 19.2 Å². The fourth-order valence-corrected chi connectivity index (χ4v) is 3.39. The molecule has 4 aromatic heterocycles. The maximum Gasteiger partial charge on any atom is 0.272 e. The third-order valence-electron chi connectivity index (χ3n) is 5.13. The monoisotopic (exact) mass is 508 g/mol. The van der Waals surface area contributed by atoms with Crippen LogP contribution < -0.4 is 5.32 Å². The van der Waals surface area contributed by atoms with Crippen molar-refractivity contribution in [2.75, 3.05) is 6.61 Å². The molecule has 11 nitrogen and oxygen atoms in total. The Balaban J connectivity index is 1.49. The first kappa shape index (κ1) is 25.2. The van der Waals surface area contributed by atoms with E-state index in [1.165, 1.54) is 6.33 Å². The lowest BCUT2D eigenvalue weighted by Crippen LogP contribution is -2.27. The van der Waals surface area contributed by atoms with E-state index < -0.39 is 11.9 Å². The summed E-state index contributed by atoms with van der Waals surface area (Å²) in [6.07, 6.45) is 3.95. The van der Waals surface area contributed by atoms with Gasteiger partial charge in [0.05, 0.1) is 12.2 Å². The summed E-state index contributed by atoms with van der Waals surface area (Å²) in [4.78, 5) is 37.4. The second kappa shape index (κ2) is 10.4. The first-order valence-corrected chi connectivity index (χ1v) is 11.7. The molecule has 0 saturated heterocycles. The van der Waals surface area contributed by atoms with Crippen LogP contribution in [0.1, 0.15) is 74.3 Å². The molecule has 186 valence electrons. The zero-order chi connectivity index (χ0) is 25.9. The van der Waals surface area contributed by atoms with Crippen molar-refractivity contribution in [2.45, 2.75) is 52.0 Å². The summed E-state index contributed by atoms with van der Waals surface area (Å²) in [7, 11) is 0. The van der Waals surface area contributed by atoms with Gasteiger partial charge in [-0.25, -0.2) is 24.9 Å². The smallest absolute Gasteiger partial charge is 0.272 e. The molecule has 0 radical (unpaired) electrons. The number of amides is 1. The van der Waals surface area contributed by atoms with Crippen LogP contribution in [-0.4, -0.2) is 52.7 Å². The summed E-state index contributed by atoms with van der Waals surface area (Å²) < 4.78 is 5.45. The van der Waals surface area contributed by atoms with Crippen LogP contribution in [0.5, 0.6) is 0 Å². The van der Waals surface area contributed by atoms with E-state index in [1.807, 2.05) is 20.8 Å². The molecule has 0 unspecified atom stereocenters. The summed E-state index contributed by atoms with van der Waals surface area (Å²) in [5.41, 5.74) is 1.70. The average Bonchev–Trinajstić information content (AvgIpc) is 3.49. The van der Waals surface area contributed by atoms with Crippen molar-refractivity contribution in [3.8, 4) is 23.4 Å². The Hall–Kier alpha value is -3.88. The van der Waals surface area contributed by atoms with Gasteiger partial charge in [0.15, 0.2) is 22.9 Å². The second-order valence-electron chi connectivity index (χ2n) is 9.09. The summed E-state index contributed by atoms with van der Waals surface area (Å²) in [5, 5.41) is 15.8. The van der Waals surface area contributed by atoms with Crippen LogP contribution in [0.25, 0.3) is 22.7 Å². The van der Waals surface area contributed by atoms with Crippen LogP contribution in [0.15, 0.2) is 23.1 Å². The number of fused-ring (bicyclic) bond motifs is 1. The van der Waals surface area contributed by atoms with Crippen LogP contribution in [0.2, 0.25) is 5.02 Å². The largest absolute Gasteiger partial charge is 0.396 e. The Labute approximate surface area is 212 Å². The first-order chi connectivity index (χ1) is 17.2. The quantitative estimate of drug-likeness (QED) is 0.262. The van der Waals surface area contributed by atoms with E-state index >= 15 is 0 Å². The number of aliphatic hydroxyl groups excluding tert-OH is 1. The van der Waals surface area contributed by atoms with Gasteiger partial charge in [0.1, 0.15) is 34.1 Å². The number of hydrogen-bond acceptors (Lipinski definition) is 9. The van der Waals surface area contributed by atoms with Gasteiger partial charge in [-0.1, -0.05) is 43.4 Å². The van der Waals surface area contributed by atoms with Gasteiger partial charge in [0, 0.05) is 24.5 Å². The Kier molecular flexibility index (Phi) is 7.28. The SMILES string of the molecule is C[C@@H](NC(=O)c1ncnc(C#CCCCO)c1Cl)c1cc(-c2nc3nc(C(C)(C)C)ncc3[nH]2)no1. The van der Waals surface area contributed by atoms with Crippen molar-refractivity contribution < 1.29 is 14.4 Å².